The number of ether oxygens (including phenoxy) is 1. The number of benzene rings is 1. The predicted octanol–water partition coefficient (Wildman–Crippen LogP) is 0.646. The molecule has 2 saturated heterocycles. The van der Waals surface area contributed by atoms with E-state index in [9.17, 15) is 4.79 Å². The molecule has 110 valence electrons. The molecule has 6 nitrogen and oxygen atoms in total. The molecule has 21 heavy (non-hydrogen) atoms. The number of fused-ring (bicyclic) bond motifs is 1. The van der Waals surface area contributed by atoms with E-state index in [1.807, 2.05) is 23.1 Å². The summed E-state index contributed by atoms with van der Waals surface area (Å²) in [5.41, 5.74) is 0.563. The molecular weight excluding hydrogens is 268 g/mol. The van der Waals surface area contributed by atoms with E-state index in [2.05, 4.69) is 16.3 Å². The molecule has 2 amide bonds. The van der Waals surface area contributed by atoms with Crippen LogP contribution in [0.3, 0.4) is 0 Å². The van der Waals surface area contributed by atoms with Crippen LogP contribution in [0.15, 0.2) is 24.3 Å². The molecule has 2 aliphatic rings. The van der Waals surface area contributed by atoms with Crippen molar-refractivity contribution in [1.29, 1.82) is 5.26 Å². The Labute approximate surface area is 123 Å². The molecule has 0 aliphatic carbocycles. The highest BCUT2D eigenvalue weighted by molar-refractivity contribution is 5.77. The highest BCUT2D eigenvalue weighted by atomic mass is 16.5. The van der Waals surface area contributed by atoms with Crippen molar-refractivity contribution >= 4 is 6.03 Å². The average molecular weight is 286 g/mol. The summed E-state index contributed by atoms with van der Waals surface area (Å²) in [5, 5.41) is 11.9. The van der Waals surface area contributed by atoms with Gasteiger partial charge in [-0.3, -0.25) is 4.90 Å². The lowest BCUT2D eigenvalue weighted by atomic mass is 10.2. The lowest BCUT2D eigenvalue weighted by molar-refractivity contribution is 0.108. The Morgan fingerprint density at radius 2 is 2.24 bits per heavy atom. The largest absolute Gasteiger partial charge is 0.491 e. The molecule has 2 aliphatic heterocycles. The van der Waals surface area contributed by atoms with E-state index < -0.39 is 0 Å². The van der Waals surface area contributed by atoms with Crippen molar-refractivity contribution in [2.24, 2.45) is 0 Å². The number of carbonyl (C=O) groups is 1. The van der Waals surface area contributed by atoms with Crippen LogP contribution in [0.4, 0.5) is 4.79 Å². The number of urea groups is 1. The monoisotopic (exact) mass is 286 g/mol. The lowest BCUT2D eigenvalue weighted by Gasteiger charge is -2.36. The first-order chi connectivity index (χ1) is 10.3. The second kappa shape index (κ2) is 6.02. The molecular formula is C15H18N4O2. The van der Waals surface area contributed by atoms with Crippen LogP contribution in [0, 0.1) is 11.3 Å². The fraction of sp³-hybridized carbons (Fsp3) is 0.467. The highest BCUT2D eigenvalue weighted by Gasteiger charge is 2.35. The fourth-order valence-corrected chi connectivity index (χ4v) is 2.84. The Morgan fingerprint density at radius 3 is 3.10 bits per heavy atom. The predicted molar refractivity (Wildman–Crippen MR) is 77.0 cm³/mol. The Kier molecular flexibility index (Phi) is 3.93. The van der Waals surface area contributed by atoms with E-state index in [1.54, 1.807) is 6.07 Å². The second-order valence-corrected chi connectivity index (χ2v) is 5.29. The van der Waals surface area contributed by atoms with Gasteiger partial charge in [0, 0.05) is 32.7 Å². The van der Waals surface area contributed by atoms with Gasteiger partial charge in [0.15, 0.2) is 0 Å². The van der Waals surface area contributed by atoms with Gasteiger partial charge in [-0.15, -0.1) is 0 Å². The van der Waals surface area contributed by atoms with Crippen molar-refractivity contribution in [3.8, 4) is 11.8 Å². The molecule has 0 spiro atoms. The van der Waals surface area contributed by atoms with E-state index in [-0.39, 0.29) is 12.1 Å². The number of hydrogen-bond donors (Lipinski definition) is 1. The number of hydrogen-bond acceptors (Lipinski definition) is 4. The number of nitrogens with zero attached hydrogens (tertiary/aromatic N) is 3. The number of piperazine rings is 1. The number of carbonyl (C=O) groups excluding carboxylic acids is 1. The van der Waals surface area contributed by atoms with Crippen LogP contribution in [0.1, 0.15) is 5.56 Å². The van der Waals surface area contributed by atoms with Crippen molar-refractivity contribution in [2.45, 2.75) is 6.04 Å². The molecule has 1 aromatic carbocycles. The van der Waals surface area contributed by atoms with Crippen LogP contribution >= 0.6 is 0 Å². The average Bonchev–Trinajstić information content (AvgIpc) is 2.89. The molecule has 0 aromatic heterocycles. The molecule has 0 saturated carbocycles. The summed E-state index contributed by atoms with van der Waals surface area (Å²) in [6.45, 7) is 4.60. The third-order valence-electron chi connectivity index (χ3n) is 3.99. The number of nitrogens with one attached hydrogen (secondary N) is 1. The minimum absolute atomic E-state index is 0.0545. The maximum Gasteiger partial charge on any atom is 0.317 e. The molecule has 1 aromatic rings. The molecule has 1 atom stereocenters. The first-order valence-electron chi connectivity index (χ1n) is 7.16. The number of para-hydroxylation sites is 1. The zero-order chi connectivity index (χ0) is 14.7. The molecule has 3 rings (SSSR count). The smallest absolute Gasteiger partial charge is 0.317 e. The van der Waals surface area contributed by atoms with Gasteiger partial charge in [-0.2, -0.15) is 5.26 Å². The molecule has 6 heteroatoms. The summed E-state index contributed by atoms with van der Waals surface area (Å²) in [5.74, 6) is 0.636. The van der Waals surface area contributed by atoms with Gasteiger partial charge in [-0.25, -0.2) is 4.79 Å². The summed E-state index contributed by atoms with van der Waals surface area (Å²) < 4.78 is 5.70. The quantitative estimate of drug-likeness (QED) is 0.882. The zero-order valence-corrected chi connectivity index (χ0v) is 11.8. The molecule has 0 bridgehead atoms. The maximum atomic E-state index is 11.5. The lowest BCUT2D eigenvalue weighted by Crippen LogP contribution is -2.52. The van der Waals surface area contributed by atoms with Crippen LogP contribution in [-0.4, -0.2) is 61.2 Å². The van der Waals surface area contributed by atoms with Gasteiger partial charge >= 0.3 is 6.03 Å². The van der Waals surface area contributed by atoms with Crippen molar-refractivity contribution in [3.63, 3.8) is 0 Å². The molecule has 2 heterocycles. The van der Waals surface area contributed by atoms with E-state index in [0.29, 0.717) is 17.9 Å². The van der Waals surface area contributed by atoms with Crippen LogP contribution in [0.5, 0.6) is 5.75 Å². The van der Waals surface area contributed by atoms with Crippen LogP contribution in [0.2, 0.25) is 0 Å². The van der Waals surface area contributed by atoms with E-state index >= 15 is 0 Å². The fourth-order valence-electron chi connectivity index (χ4n) is 2.84. The minimum Gasteiger partial charge on any atom is -0.491 e. The molecule has 1 unspecified atom stereocenters. The van der Waals surface area contributed by atoms with Gasteiger partial charge in [0.25, 0.3) is 0 Å². The van der Waals surface area contributed by atoms with Crippen LogP contribution in [0.25, 0.3) is 0 Å². The van der Waals surface area contributed by atoms with Gasteiger partial charge in [0.1, 0.15) is 18.4 Å². The van der Waals surface area contributed by atoms with Gasteiger partial charge in [0.05, 0.1) is 11.6 Å². The minimum atomic E-state index is 0.0545. The highest BCUT2D eigenvalue weighted by Crippen LogP contribution is 2.17. The molecule has 1 N–H and O–H groups in total. The summed E-state index contributed by atoms with van der Waals surface area (Å²) >= 11 is 0. The third-order valence-corrected chi connectivity index (χ3v) is 3.99. The van der Waals surface area contributed by atoms with Crippen molar-refractivity contribution < 1.29 is 9.53 Å². The van der Waals surface area contributed by atoms with E-state index in [4.69, 9.17) is 10.00 Å². The summed E-state index contributed by atoms with van der Waals surface area (Å²) in [4.78, 5) is 15.7. The summed E-state index contributed by atoms with van der Waals surface area (Å²) in [7, 11) is 0. The maximum absolute atomic E-state index is 11.5. The number of nitriles is 1. The topological polar surface area (TPSA) is 68.6 Å². The van der Waals surface area contributed by atoms with E-state index in [0.717, 1.165) is 32.7 Å². The number of rotatable bonds is 4. The first-order valence-corrected chi connectivity index (χ1v) is 7.16. The summed E-state index contributed by atoms with van der Waals surface area (Å²) in [6.07, 6.45) is 0. The van der Waals surface area contributed by atoms with Crippen LogP contribution in [-0.2, 0) is 0 Å². The van der Waals surface area contributed by atoms with E-state index in [1.165, 1.54) is 0 Å². The Hall–Kier alpha value is -2.26. The standard InChI is InChI=1S/C15H18N4O2/c16-9-12-3-1-2-4-14(12)21-8-7-18-5-6-19-13(11-18)10-17-15(19)20/h1-4,13H,5-8,10-11H2,(H,17,20). The van der Waals surface area contributed by atoms with Crippen molar-refractivity contribution in [3.05, 3.63) is 29.8 Å². The first kappa shape index (κ1) is 13.7. The molecule has 2 fully saturated rings. The van der Waals surface area contributed by atoms with Crippen LogP contribution < -0.4 is 10.1 Å². The Balaban J connectivity index is 1.48. The third kappa shape index (κ3) is 2.93. The molecule has 0 radical (unpaired) electrons. The van der Waals surface area contributed by atoms with Gasteiger partial charge in [-0.1, -0.05) is 12.1 Å². The van der Waals surface area contributed by atoms with Crippen molar-refractivity contribution in [2.75, 3.05) is 39.3 Å². The number of amides is 2. The van der Waals surface area contributed by atoms with Gasteiger partial charge < -0.3 is 15.0 Å². The Bertz CT molecular complexity index is 569. The van der Waals surface area contributed by atoms with Crippen molar-refractivity contribution in [1.82, 2.24) is 15.1 Å². The summed E-state index contributed by atoms with van der Waals surface area (Å²) in [6, 6.07) is 9.72. The van der Waals surface area contributed by atoms with Gasteiger partial charge in [-0.05, 0) is 12.1 Å². The SMILES string of the molecule is N#Cc1ccccc1OCCN1CCN2C(=O)NCC2C1. The second-order valence-electron chi connectivity index (χ2n) is 5.29. The van der Waals surface area contributed by atoms with Gasteiger partial charge in [0.2, 0.25) is 0 Å². The Morgan fingerprint density at radius 1 is 1.38 bits per heavy atom. The normalized spacial score (nSPS) is 21.6. The zero-order valence-electron chi connectivity index (χ0n) is 11.8.